The van der Waals surface area contributed by atoms with E-state index >= 15 is 0 Å². The van der Waals surface area contributed by atoms with Crippen LogP contribution in [0.25, 0.3) is 11.1 Å². The number of nitrogens with one attached hydrogen (secondary N) is 2. The van der Waals surface area contributed by atoms with E-state index in [1.54, 1.807) is 6.92 Å². The molecular formula is C19H17N3O4. The normalized spacial score (nSPS) is 13.7. The second kappa shape index (κ2) is 6.51. The zero-order chi connectivity index (χ0) is 18.1. The van der Waals surface area contributed by atoms with Gasteiger partial charge in [0, 0.05) is 5.92 Å². The van der Waals surface area contributed by atoms with Crippen LogP contribution < -0.4 is 11.1 Å². The Kier molecular flexibility index (Phi) is 4.04. The van der Waals surface area contributed by atoms with Gasteiger partial charge >= 0.3 is 11.8 Å². The lowest BCUT2D eigenvalue weighted by molar-refractivity contribution is 0.139. The third kappa shape index (κ3) is 2.88. The highest BCUT2D eigenvalue weighted by atomic mass is 16.5. The summed E-state index contributed by atoms with van der Waals surface area (Å²) in [5.74, 6) is -0.431. The molecule has 0 saturated heterocycles. The van der Waals surface area contributed by atoms with Gasteiger partial charge in [0.1, 0.15) is 6.61 Å². The molecule has 26 heavy (non-hydrogen) atoms. The van der Waals surface area contributed by atoms with Crippen LogP contribution >= 0.6 is 0 Å². The first-order valence-corrected chi connectivity index (χ1v) is 8.31. The number of hydrogen-bond donors (Lipinski definition) is 2. The number of fused-ring (bicyclic) bond motifs is 3. The molecule has 0 radical (unpaired) electrons. The maximum absolute atomic E-state index is 12.1. The molecule has 2 N–H and O–H groups in total. The number of amides is 1. The average molecular weight is 351 g/mol. The van der Waals surface area contributed by atoms with Crippen LogP contribution in [0.3, 0.4) is 0 Å². The van der Waals surface area contributed by atoms with Crippen LogP contribution in [-0.4, -0.2) is 22.8 Å². The van der Waals surface area contributed by atoms with Crippen LogP contribution in [0, 0.1) is 0 Å². The molecule has 1 atom stereocenters. The highest BCUT2D eigenvalue weighted by Gasteiger charge is 2.29. The van der Waals surface area contributed by atoms with E-state index in [1.165, 1.54) is 11.1 Å². The van der Waals surface area contributed by atoms with Gasteiger partial charge in [-0.25, -0.2) is 9.59 Å². The van der Waals surface area contributed by atoms with Crippen molar-refractivity contribution >= 4 is 6.09 Å². The fraction of sp³-hybridized carbons (Fsp3) is 0.211. The number of ether oxygens (including phenoxy) is 1. The zero-order valence-electron chi connectivity index (χ0n) is 14.1. The van der Waals surface area contributed by atoms with Crippen molar-refractivity contribution in [2.45, 2.75) is 18.9 Å². The lowest BCUT2D eigenvalue weighted by Gasteiger charge is -2.16. The number of aromatic nitrogens is 2. The van der Waals surface area contributed by atoms with Gasteiger partial charge in [-0.2, -0.15) is 0 Å². The lowest BCUT2D eigenvalue weighted by Crippen LogP contribution is -2.29. The van der Waals surface area contributed by atoms with Gasteiger partial charge < -0.3 is 10.1 Å². The van der Waals surface area contributed by atoms with Crippen LogP contribution in [0.4, 0.5) is 4.79 Å². The number of benzene rings is 2. The van der Waals surface area contributed by atoms with E-state index in [2.05, 4.69) is 44.2 Å². The van der Waals surface area contributed by atoms with Gasteiger partial charge in [0.05, 0.1) is 6.04 Å². The number of carbonyl (C=O) groups excluding carboxylic acids is 1. The summed E-state index contributed by atoms with van der Waals surface area (Å²) in [7, 11) is 0. The summed E-state index contributed by atoms with van der Waals surface area (Å²) in [4.78, 5) is 25.5. The van der Waals surface area contributed by atoms with Gasteiger partial charge in [-0.1, -0.05) is 53.7 Å². The highest BCUT2D eigenvalue weighted by molar-refractivity contribution is 5.79. The zero-order valence-corrected chi connectivity index (χ0v) is 14.1. The summed E-state index contributed by atoms with van der Waals surface area (Å²) in [6.45, 7) is 1.90. The third-order valence-corrected chi connectivity index (χ3v) is 4.55. The highest BCUT2D eigenvalue weighted by Crippen LogP contribution is 2.44. The molecular weight excluding hydrogens is 334 g/mol. The number of rotatable bonds is 4. The van der Waals surface area contributed by atoms with Crippen molar-refractivity contribution in [2.24, 2.45) is 0 Å². The van der Waals surface area contributed by atoms with Crippen molar-refractivity contribution in [1.29, 1.82) is 0 Å². The molecule has 3 aromatic rings. The Labute approximate surface area is 149 Å². The summed E-state index contributed by atoms with van der Waals surface area (Å²) in [5, 5.41) is 6.18. The quantitative estimate of drug-likeness (QED) is 0.753. The summed E-state index contributed by atoms with van der Waals surface area (Å²) in [6, 6.07) is 15.7. The van der Waals surface area contributed by atoms with Gasteiger partial charge in [0.25, 0.3) is 0 Å². The molecule has 7 nitrogen and oxygen atoms in total. The van der Waals surface area contributed by atoms with Gasteiger partial charge in [-0.3, -0.25) is 9.51 Å². The molecule has 1 aliphatic rings. The molecule has 7 heteroatoms. The molecule has 2 aromatic carbocycles. The molecule has 1 aliphatic carbocycles. The van der Waals surface area contributed by atoms with Crippen LogP contribution in [0.2, 0.25) is 0 Å². The first-order valence-electron chi connectivity index (χ1n) is 8.31. The second-order valence-electron chi connectivity index (χ2n) is 6.17. The van der Waals surface area contributed by atoms with Crippen LogP contribution in [0.1, 0.15) is 35.8 Å². The Morgan fingerprint density at radius 1 is 1.19 bits per heavy atom. The van der Waals surface area contributed by atoms with Crippen LogP contribution in [-0.2, 0) is 4.74 Å². The Bertz CT molecular complexity index is 962. The third-order valence-electron chi connectivity index (χ3n) is 4.55. The number of aromatic amines is 1. The van der Waals surface area contributed by atoms with E-state index in [0.717, 1.165) is 11.1 Å². The SMILES string of the molecule is CC(NC(=O)OCC1c2ccccc2-c2ccccc21)c1noc(=O)[nH]1. The maximum Gasteiger partial charge on any atom is 0.438 e. The molecule has 0 fully saturated rings. The minimum Gasteiger partial charge on any atom is -0.449 e. The Morgan fingerprint density at radius 3 is 2.38 bits per heavy atom. The van der Waals surface area contributed by atoms with Gasteiger partial charge in [-0.15, -0.1) is 0 Å². The van der Waals surface area contributed by atoms with E-state index in [-0.39, 0.29) is 18.3 Å². The van der Waals surface area contributed by atoms with Crippen molar-refractivity contribution in [3.8, 4) is 11.1 Å². The molecule has 0 spiro atoms. The number of carbonyl (C=O) groups is 1. The molecule has 0 saturated carbocycles. The molecule has 0 bridgehead atoms. The van der Waals surface area contributed by atoms with Gasteiger partial charge in [0.15, 0.2) is 5.82 Å². The molecule has 132 valence electrons. The topological polar surface area (TPSA) is 97.2 Å². The Morgan fingerprint density at radius 2 is 1.81 bits per heavy atom. The molecule has 1 aromatic heterocycles. The van der Waals surface area contributed by atoms with Crippen molar-refractivity contribution < 1.29 is 14.1 Å². The largest absolute Gasteiger partial charge is 0.449 e. The van der Waals surface area contributed by atoms with Crippen molar-refractivity contribution in [3.63, 3.8) is 0 Å². The summed E-state index contributed by atoms with van der Waals surface area (Å²) >= 11 is 0. The maximum atomic E-state index is 12.1. The second-order valence-corrected chi connectivity index (χ2v) is 6.17. The molecule has 0 aliphatic heterocycles. The average Bonchev–Trinajstić information content (AvgIpc) is 3.22. The Balaban J connectivity index is 1.46. The van der Waals surface area contributed by atoms with Crippen molar-refractivity contribution in [3.05, 3.63) is 76.0 Å². The van der Waals surface area contributed by atoms with Crippen LogP contribution in [0.15, 0.2) is 57.8 Å². The summed E-state index contributed by atoms with van der Waals surface area (Å²) in [6.07, 6.45) is -0.580. The number of alkyl carbamates (subject to hydrolysis) is 1. The minimum atomic E-state index is -0.666. The van der Waals surface area contributed by atoms with Crippen LogP contribution in [0.5, 0.6) is 0 Å². The monoisotopic (exact) mass is 351 g/mol. The first kappa shape index (κ1) is 16.1. The number of H-pyrrole nitrogens is 1. The van der Waals surface area contributed by atoms with E-state index in [9.17, 15) is 9.59 Å². The summed E-state index contributed by atoms with van der Waals surface area (Å²) in [5.41, 5.74) is 4.64. The summed E-state index contributed by atoms with van der Waals surface area (Å²) < 4.78 is 9.87. The molecule has 1 heterocycles. The Hall–Kier alpha value is -3.35. The van der Waals surface area contributed by atoms with E-state index in [4.69, 9.17) is 4.74 Å². The van der Waals surface area contributed by atoms with Crippen molar-refractivity contribution in [2.75, 3.05) is 6.61 Å². The standard InChI is InChI=1S/C19H17N3O4/c1-11(17-21-19(24)26-22-17)20-18(23)25-10-16-14-8-4-2-6-12(14)13-7-3-5-9-15(13)16/h2-9,11,16H,10H2,1H3,(H,20,23)(H,21,22,24). The fourth-order valence-corrected chi connectivity index (χ4v) is 3.31. The first-order chi connectivity index (χ1) is 12.6. The van der Waals surface area contributed by atoms with E-state index in [0.29, 0.717) is 0 Å². The molecule has 1 amide bonds. The fourth-order valence-electron chi connectivity index (χ4n) is 3.31. The molecule has 4 rings (SSSR count). The number of hydrogen-bond acceptors (Lipinski definition) is 5. The van der Waals surface area contributed by atoms with E-state index < -0.39 is 17.9 Å². The minimum absolute atomic E-state index is 0.00434. The lowest BCUT2D eigenvalue weighted by atomic mass is 9.98. The smallest absolute Gasteiger partial charge is 0.438 e. The van der Waals surface area contributed by atoms with Crippen molar-refractivity contribution in [1.82, 2.24) is 15.5 Å². The molecule has 1 unspecified atom stereocenters. The van der Waals surface area contributed by atoms with Gasteiger partial charge in [0.2, 0.25) is 0 Å². The van der Waals surface area contributed by atoms with E-state index in [1.807, 2.05) is 24.3 Å². The van der Waals surface area contributed by atoms with Gasteiger partial charge in [-0.05, 0) is 29.2 Å². The predicted molar refractivity (Wildman–Crippen MR) is 93.7 cm³/mol. The predicted octanol–water partition coefficient (Wildman–Crippen LogP) is 2.96. The number of nitrogens with zero attached hydrogens (tertiary/aromatic N) is 1.